The van der Waals surface area contributed by atoms with Gasteiger partial charge >= 0.3 is 0 Å². The number of allylic oxidation sites excluding steroid dienone is 3. The van der Waals surface area contributed by atoms with Crippen LogP contribution in [0.25, 0.3) is 0 Å². The lowest BCUT2D eigenvalue weighted by Crippen LogP contribution is -2.58. The van der Waals surface area contributed by atoms with Crippen LogP contribution in [0.5, 0.6) is 0 Å². The Bertz CT molecular complexity index is 3790. The van der Waals surface area contributed by atoms with Crippen molar-refractivity contribution in [2.24, 2.45) is 168 Å². The first-order valence-electron chi connectivity index (χ1n) is 51.1. The van der Waals surface area contributed by atoms with Gasteiger partial charge in [-0.15, -0.1) is 0 Å². The summed E-state index contributed by atoms with van der Waals surface area (Å²) in [5, 5.41) is 45.6. The Morgan fingerprint density at radius 1 is 0.496 bits per heavy atom. The van der Waals surface area contributed by atoms with Gasteiger partial charge in [0.15, 0.2) is 0 Å². The molecule has 14 heteroatoms. The van der Waals surface area contributed by atoms with E-state index in [0.717, 1.165) is 155 Å². The molecule has 0 saturated heterocycles. The minimum absolute atomic E-state index is 0.0833. The molecule has 0 radical (unpaired) electrons. The van der Waals surface area contributed by atoms with E-state index in [9.17, 15) is 48.0 Å². The van der Waals surface area contributed by atoms with Gasteiger partial charge < -0.3 is 30.6 Å². The van der Waals surface area contributed by atoms with Crippen LogP contribution >= 0.6 is 0 Å². The molecule has 0 aromatic rings. The first-order chi connectivity index (χ1) is 57.0. The molecule has 0 aromatic carbocycles. The summed E-state index contributed by atoms with van der Waals surface area (Å²) in [6.07, 6.45) is 51.2. The van der Waals surface area contributed by atoms with E-state index in [0.29, 0.717) is 166 Å². The number of carbonyl (C=O) groups excluding carboxylic acids is 4. The molecular weight excluding hydrogens is 1520 g/mol. The number of nitrogens with one attached hydrogen (secondary N) is 1. The van der Waals surface area contributed by atoms with E-state index in [1.807, 2.05) is 20.8 Å². The third kappa shape index (κ3) is 19.2. The number of carbonyl (C=O) groups is 4. The maximum absolute atomic E-state index is 12.2. The van der Waals surface area contributed by atoms with Crippen LogP contribution in [-0.4, -0.2) is 120 Å². The zero-order valence-electron chi connectivity index (χ0n) is 80.1. The normalized spacial score (nSPS) is 45.2. The molecular formula is C107H178N2O11S. The molecule has 28 unspecified atom stereocenters. The highest BCUT2D eigenvalue weighted by atomic mass is 32.2. The molecule has 14 saturated carbocycles. The smallest absolute Gasteiger partial charge is 0.264 e. The first-order valence-corrected chi connectivity index (χ1v) is 52.9. The van der Waals surface area contributed by atoms with E-state index >= 15 is 0 Å². The summed E-state index contributed by atoms with van der Waals surface area (Å²) in [7, 11) is -0.952. The maximum Gasteiger partial charge on any atom is 0.264 e. The van der Waals surface area contributed by atoms with Crippen molar-refractivity contribution < 1.29 is 52.2 Å². The lowest BCUT2D eigenvalue weighted by atomic mass is 9.44. The molecule has 688 valence electrons. The summed E-state index contributed by atoms with van der Waals surface area (Å²) >= 11 is 0. The van der Waals surface area contributed by atoms with Crippen molar-refractivity contribution in [1.82, 2.24) is 10.2 Å². The Morgan fingerprint density at radius 3 is 1.36 bits per heavy atom. The SMILES string of the molecule is C=C(C)CC(=O)CCC(C)C1CCC2C3C[C@H](O)[C@@H]4CC(=O)CCC4(C)C3CCC12C.CC(C)CCCN(C)C1CCC2C3CC=C4C[C@H](O)CCC4(C)C3CCC21C.CC(CCCC(C)C1CCC2C3CC=C4C[C@H](O)CCC4(C)C3CCC12C)OS(C)(=O)=O.CCNC(=O)CCC(C)C1CCC2C3C[C@H](O)[C@@H]4CC(=O)CCC4(C)C3CCC12C. The van der Waals surface area contributed by atoms with Gasteiger partial charge in [0.2, 0.25) is 5.91 Å². The van der Waals surface area contributed by atoms with Crippen molar-refractivity contribution in [2.75, 3.05) is 26.4 Å². The summed E-state index contributed by atoms with van der Waals surface area (Å²) in [5.74, 6) is 15.4. The predicted molar refractivity (Wildman–Crippen MR) is 491 cm³/mol. The first kappa shape index (κ1) is 96.0. The summed E-state index contributed by atoms with van der Waals surface area (Å²) in [4.78, 5) is 51.2. The third-order valence-electron chi connectivity index (χ3n) is 41.4. The summed E-state index contributed by atoms with van der Waals surface area (Å²) in [6.45, 7) is 43.7. The second-order valence-corrected chi connectivity index (χ2v) is 50.0. The van der Waals surface area contributed by atoms with Crippen LogP contribution in [0.15, 0.2) is 35.5 Å². The molecule has 16 rings (SSSR count). The molecule has 0 spiro atoms. The molecule has 16 aliphatic rings. The highest BCUT2D eigenvalue weighted by Crippen LogP contribution is 2.73. The average Bonchev–Trinajstić information content (AvgIpc) is 1.67. The standard InChI is InChI=1S/C28H44O3.C27H46O4S.C26H43NO3.C26H45NO/c1-17(2)14-19(29)7-6-18(3)22-8-9-23-21-16-26(31)25-15-20(30)10-12-28(25,5)24(21)11-13-27(22,23)4;1-18(7-6-8-19(2)31-32(5,29)30)23-11-12-24-22-10-9-20-17-21(28)13-15-26(20,3)25(22)14-16-27(23,24)4;1-5-27-24(30)9-6-16(2)19-7-8-20-18-15-23(29)22-14-17(28)10-12-26(22,4)21(18)11-13-25(19,20)3;1-18(2)7-6-16-27(5)24-11-10-22-21-9-8-19-17-20(28)12-14-25(19,3)23(21)13-15-26(22,24)4/h18,21-26,31H,1,6-16H2,2-5H3;9,18-19,21-25,28H,6-8,10-17H2,1-5H3;16,18-23,29H,5-15H2,1-4H3,(H,27,30);8,18,20-24,28H,6-7,9-17H2,1-5H3/t18?,21?,22?,23?,24?,25-,26-,27?,28?;18?,19?,21-,22?,23?,24?,25?,26?,27?;16?,18?,19?,20?,21?,22-,23-,25?,26?;20-,21?,22?,23?,24?,25?,26?/m0101/s1. The fraction of sp³-hybridized carbons (Fsp3) is 0.907. The van der Waals surface area contributed by atoms with Gasteiger partial charge in [-0.3, -0.25) is 23.4 Å². The number of aliphatic hydroxyl groups is 4. The van der Waals surface area contributed by atoms with Gasteiger partial charge in [0.1, 0.15) is 17.3 Å². The minimum atomic E-state index is -3.36. The average molecular weight is 1700 g/mol. The number of nitrogens with zero attached hydrogens (tertiary/aromatic N) is 1. The van der Waals surface area contributed by atoms with Gasteiger partial charge in [-0.25, -0.2) is 0 Å². The Morgan fingerprint density at radius 2 is 0.909 bits per heavy atom. The van der Waals surface area contributed by atoms with Crippen molar-refractivity contribution >= 4 is 33.4 Å². The fourth-order valence-electron chi connectivity index (χ4n) is 35.1. The van der Waals surface area contributed by atoms with E-state index in [-0.39, 0.29) is 59.1 Å². The molecule has 34 atom stereocenters. The number of ketones is 3. The lowest BCUT2D eigenvalue weighted by Gasteiger charge is -2.61. The van der Waals surface area contributed by atoms with Gasteiger partial charge in [0.05, 0.1) is 36.8 Å². The Labute approximate surface area is 737 Å². The van der Waals surface area contributed by atoms with Crippen LogP contribution in [0, 0.1) is 168 Å². The van der Waals surface area contributed by atoms with Gasteiger partial charge in [0, 0.05) is 57.5 Å². The number of aliphatic hydroxyl groups excluding tert-OH is 4. The molecule has 14 fully saturated rings. The summed E-state index contributed by atoms with van der Waals surface area (Å²) < 4.78 is 27.8. The molecule has 16 aliphatic carbocycles. The molecule has 13 nitrogen and oxygen atoms in total. The van der Waals surface area contributed by atoms with Crippen LogP contribution in [0.1, 0.15) is 380 Å². The van der Waals surface area contributed by atoms with Crippen molar-refractivity contribution in [3.05, 3.63) is 35.5 Å². The molecule has 0 heterocycles. The van der Waals surface area contributed by atoms with Crippen LogP contribution in [0.3, 0.4) is 0 Å². The number of Topliss-reactive ketones (excluding diaryl/α,β-unsaturated/α-hetero) is 3. The van der Waals surface area contributed by atoms with E-state index < -0.39 is 10.1 Å². The van der Waals surface area contributed by atoms with Crippen LogP contribution in [0.4, 0.5) is 0 Å². The van der Waals surface area contributed by atoms with Crippen molar-refractivity contribution in [3.63, 3.8) is 0 Å². The molecule has 5 N–H and O–H groups in total. The number of rotatable bonds is 23. The number of fused-ring (bicyclic) bond motifs is 20. The zero-order valence-corrected chi connectivity index (χ0v) is 80.9. The lowest BCUT2D eigenvalue weighted by molar-refractivity contribution is -0.166. The van der Waals surface area contributed by atoms with E-state index in [4.69, 9.17) is 4.18 Å². The number of hydrogen-bond acceptors (Lipinski definition) is 12. The highest BCUT2D eigenvalue weighted by Gasteiger charge is 2.67. The number of amides is 1. The zero-order chi connectivity index (χ0) is 87.6. The van der Waals surface area contributed by atoms with Crippen molar-refractivity contribution in [1.29, 1.82) is 0 Å². The van der Waals surface area contributed by atoms with Gasteiger partial charge in [-0.2, -0.15) is 8.42 Å². The van der Waals surface area contributed by atoms with Crippen LogP contribution < -0.4 is 5.32 Å². The molecule has 121 heavy (non-hydrogen) atoms. The van der Waals surface area contributed by atoms with Crippen LogP contribution in [0.2, 0.25) is 0 Å². The highest BCUT2D eigenvalue weighted by molar-refractivity contribution is 7.86. The third-order valence-corrected chi connectivity index (χ3v) is 42.1. The van der Waals surface area contributed by atoms with Gasteiger partial charge in [-0.1, -0.05) is 138 Å². The Balaban J connectivity index is 0.000000139. The van der Waals surface area contributed by atoms with Gasteiger partial charge in [-0.05, 0) is 414 Å². The largest absolute Gasteiger partial charge is 0.393 e. The molecule has 0 bridgehead atoms. The number of hydrogen-bond donors (Lipinski definition) is 5. The fourth-order valence-corrected chi connectivity index (χ4v) is 35.8. The molecule has 0 aliphatic heterocycles. The van der Waals surface area contributed by atoms with E-state index in [1.165, 1.54) is 141 Å². The quantitative estimate of drug-likeness (QED) is 0.0478. The Hall–Kier alpha value is -2.59. The maximum atomic E-state index is 12.2. The van der Waals surface area contributed by atoms with Crippen LogP contribution in [-0.2, 0) is 33.5 Å². The van der Waals surface area contributed by atoms with Crippen molar-refractivity contribution in [3.8, 4) is 0 Å². The second kappa shape index (κ2) is 38.1. The van der Waals surface area contributed by atoms with Gasteiger partial charge in [0.25, 0.3) is 10.1 Å². The predicted octanol–water partition coefficient (Wildman–Crippen LogP) is 23.0. The summed E-state index contributed by atoms with van der Waals surface area (Å²) in [5.41, 5.74) is 6.76. The van der Waals surface area contributed by atoms with Crippen molar-refractivity contribution in [2.45, 2.75) is 417 Å². The van der Waals surface area contributed by atoms with E-state index in [1.54, 1.807) is 11.1 Å². The Kier molecular flexibility index (Phi) is 30.2. The molecule has 0 aromatic heterocycles. The second-order valence-electron chi connectivity index (χ2n) is 48.4. The summed E-state index contributed by atoms with van der Waals surface area (Å²) in [6, 6.07) is 0.789. The topological polar surface area (TPSA) is 208 Å². The van der Waals surface area contributed by atoms with E-state index in [2.05, 4.69) is 126 Å². The molecule has 1 amide bonds. The monoisotopic (exact) mass is 1700 g/mol. The minimum Gasteiger partial charge on any atom is -0.393 e.